The smallest absolute Gasteiger partial charge is 0.226 e. The van der Waals surface area contributed by atoms with Gasteiger partial charge in [0.25, 0.3) is 0 Å². The summed E-state index contributed by atoms with van der Waals surface area (Å²) in [7, 11) is 1.61. The number of aliphatic hydroxyl groups excluding tert-OH is 1. The van der Waals surface area contributed by atoms with E-state index in [-0.39, 0.29) is 31.1 Å². The van der Waals surface area contributed by atoms with Crippen molar-refractivity contribution in [1.82, 2.24) is 10.2 Å². The van der Waals surface area contributed by atoms with Crippen LogP contribution in [-0.2, 0) is 22.6 Å². The summed E-state index contributed by atoms with van der Waals surface area (Å²) in [5.41, 5.74) is 7.27. The number of hydrogen-bond donors (Lipinski definition) is 3. The fourth-order valence-corrected chi connectivity index (χ4v) is 4.66. The molecule has 7 nitrogen and oxygen atoms in total. The number of aliphatic hydroxyl groups is 1. The Morgan fingerprint density at radius 1 is 1.08 bits per heavy atom. The molecule has 3 atom stereocenters. The Morgan fingerprint density at radius 2 is 1.76 bits per heavy atom. The summed E-state index contributed by atoms with van der Waals surface area (Å²) in [5, 5.41) is 14.7. The second kappa shape index (κ2) is 16.0. The fraction of sp³-hybridized carbons (Fsp3) is 0.517. The standard InChI is InChI=1S/C29H42FN3O4/c1-4-15-33(16-5-2)29(36)25(13-14-28(31)35)26(18-21-9-11-23(30)12-10-21)27(34)20-32-19-22-7-6-8-24(17-22)37-3/h6-12,17,25-27,32,34H,4-5,13-16,18-20H2,1-3H3,(H2,31,35)/t25?,26-,27-/m0/s1. The first-order valence-electron chi connectivity index (χ1n) is 13.1. The van der Waals surface area contributed by atoms with E-state index in [0.29, 0.717) is 26.1 Å². The van der Waals surface area contributed by atoms with Gasteiger partial charge in [0.05, 0.1) is 13.2 Å². The first kappa shape index (κ1) is 30.3. The molecule has 0 saturated carbocycles. The maximum atomic E-state index is 13.8. The minimum atomic E-state index is -0.886. The lowest BCUT2D eigenvalue weighted by molar-refractivity contribution is -0.140. The van der Waals surface area contributed by atoms with Gasteiger partial charge in [-0.2, -0.15) is 0 Å². The van der Waals surface area contributed by atoms with Crippen molar-refractivity contribution in [2.45, 2.75) is 58.6 Å². The summed E-state index contributed by atoms with van der Waals surface area (Å²) in [6.07, 6.45) is 1.39. The van der Waals surface area contributed by atoms with E-state index in [2.05, 4.69) is 5.32 Å². The molecule has 0 bridgehead atoms. The van der Waals surface area contributed by atoms with E-state index in [0.717, 1.165) is 29.7 Å². The molecular formula is C29H42FN3O4. The van der Waals surface area contributed by atoms with Gasteiger partial charge in [-0.15, -0.1) is 0 Å². The average Bonchev–Trinajstić information content (AvgIpc) is 2.88. The van der Waals surface area contributed by atoms with Crippen molar-refractivity contribution >= 4 is 11.8 Å². The molecule has 204 valence electrons. The van der Waals surface area contributed by atoms with Crippen LogP contribution in [0.2, 0.25) is 0 Å². The van der Waals surface area contributed by atoms with Crippen molar-refractivity contribution in [3.05, 3.63) is 65.5 Å². The van der Waals surface area contributed by atoms with E-state index in [1.54, 1.807) is 19.2 Å². The number of carbonyl (C=O) groups is 2. The minimum absolute atomic E-state index is 0.0480. The van der Waals surface area contributed by atoms with Gasteiger partial charge in [0.1, 0.15) is 11.6 Å². The molecule has 0 spiro atoms. The third-order valence-corrected chi connectivity index (χ3v) is 6.53. The normalized spacial score (nSPS) is 13.5. The molecule has 0 aliphatic heterocycles. The molecule has 2 aromatic rings. The Balaban J connectivity index is 2.29. The number of rotatable bonds is 17. The predicted octanol–water partition coefficient (Wildman–Crippen LogP) is 3.67. The van der Waals surface area contributed by atoms with Crippen LogP contribution >= 0.6 is 0 Å². The van der Waals surface area contributed by atoms with E-state index in [1.807, 2.05) is 43.0 Å². The number of ether oxygens (including phenoxy) is 1. The average molecular weight is 516 g/mol. The van der Waals surface area contributed by atoms with Crippen molar-refractivity contribution in [3.8, 4) is 5.75 Å². The topological polar surface area (TPSA) is 105 Å². The summed E-state index contributed by atoms with van der Waals surface area (Å²) in [4.78, 5) is 27.3. The molecule has 2 aromatic carbocycles. The molecule has 0 aromatic heterocycles. The molecule has 8 heteroatoms. The Bertz CT molecular complexity index is 964. The van der Waals surface area contributed by atoms with Crippen LogP contribution in [0.3, 0.4) is 0 Å². The van der Waals surface area contributed by atoms with Crippen LogP contribution in [0.1, 0.15) is 50.7 Å². The van der Waals surface area contributed by atoms with Crippen molar-refractivity contribution in [1.29, 1.82) is 0 Å². The van der Waals surface area contributed by atoms with Gasteiger partial charge >= 0.3 is 0 Å². The number of amides is 2. The number of halogens is 1. The van der Waals surface area contributed by atoms with Gasteiger partial charge in [-0.25, -0.2) is 4.39 Å². The third-order valence-electron chi connectivity index (χ3n) is 6.53. The molecule has 2 amide bonds. The van der Waals surface area contributed by atoms with Crippen molar-refractivity contribution in [2.75, 3.05) is 26.7 Å². The highest BCUT2D eigenvalue weighted by atomic mass is 19.1. The van der Waals surface area contributed by atoms with E-state index in [4.69, 9.17) is 10.5 Å². The lowest BCUT2D eigenvalue weighted by atomic mass is 9.79. The first-order valence-corrected chi connectivity index (χ1v) is 13.1. The van der Waals surface area contributed by atoms with Crippen LogP contribution in [0, 0.1) is 17.7 Å². The number of benzene rings is 2. The van der Waals surface area contributed by atoms with Gasteiger partial charge in [-0.3, -0.25) is 9.59 Å². The molecule has 4 N–H and O–H groups in total. The maximum Gasteiger partial charge on any atom is 0.226 e. The van der Waals surface area contributed by atoms with Crippen LogP contribution in [0.15, 0.2) is 48.5 Å². The van der Waals surface area contributed by atoms with Gasteiger partial charge in [0, 0.05) is 44.4 Å². The zero-order chi connectivity index (χ0) is 27.2. The van der Waals surface area contributed by atoms with Gasteiger partial charge in [0.15, 0.2) is 0 Å². The Hall–Kier alpha value is -2.97. The summed E-state index contributed by atoms with van der Waals surface area (Å²) < 4.78 is 18.8. The number of nitrogens with zero attached hydrogens (tertiary/aromatic N) is 1. The summed E-state index contributed by atoms with van der Waals surface area (Å²) in [6.45, 7) is 5.99. The summed E-state index contributed by atoms with van der Waals surface area (Å²) in [6, 6.07) is 13.7. The fourth-order valence-electron chi connectivity index (χ4n) is 4.66. The summed E-state index contributed by atoms with van der Waals surface area (Å²) >= 11 is 0. The quantitative estimate of drug-likeness (QED) is 0.298. The molecule has 0 heterocycles. The van der Waals surface area contributed by atoms with Gasteiger partial charge in [-0.1, -0.05) is 38.1 Å². The number of carbonyl (C=O) groups excluding carboxylic acids is 2. The highest BCUT2D eigenvalue weighted by molar-refractivity contribution is 5.80. The molecular weight excluding hydrogens is 473 g/mol. The van der Waals surface area contributed by atoms with Gasteiger partial charge in [-0.05, 0) is 61.1 Å². The van der Waals surface area contributed by atoms with Crippen LogP contribution in [0.4, 0.5) is 4.39 Å². The molecule has 0 saturated heterocycles. The molecule has 2 rings (SSSR count). The highest BCUT2D eigenvalue weighted by Gasteiger charge is 2.35. The van der Waals surface area contributed by atoms with E-state index < -0.39 is 23.8 Å². The largest absolute Gasteiger partial charge is 0.497 e. The van der Waals surface area contributed by atoms with Crippen molar-refractivity contribution < 1.29 is 23.8 Å². The molecule has 0 aliphatic rings. The summed E-state index contributed by atoms with van der Waals surface area (Å²) in [5.74, 6) is -1.27. The van der Waals surface area contributed by atoms with Gasteiger partial charge in [0.2, 0.25) is 11.8 Å². The van der Waals surface area contributed by atoms with E-state index in [9.17, 15) is 19.1 Å². The predicted molar refractivity (Wildman–Crippen MR) is 143 cm³/mol. The third kappa shape index (κ3) is 10.1. The minimum Gasteiger partial charge on any atom is -0.497 e. The Labute approximate surface area is 220 Å². The van der Waals surface area contributed by atoms with E-state index in [1.165, 1.54) is 12.1 Å². The number of hydrogen-bond acceptors (Lipinski definition) is 5. The van der Waals surface area contributed by atoms with Crippen LogP contribution in [-0.4, -0.2) is 54.7 Å². The zero-order valence-electron chi connectivity index (χ0n) is 22.3. The maximum absolute atomic E-state index is 13.8. The Morgan fingerprint density at radius 3 is 2.35 bits per heavy atom. The highest BCUT2D eigenvalue weighted by Crippen LogP contribution is 2.28. The monoisotopic (exact) mass is 515 g/mol. The molecule has 0 radical (unpaired) electrons. The SMILES string of the molecule is CCCN(CCC)C(=O)C(CCC(N)=O)[C@H](Cc1ccc(F)cc1)[C@@H](O)CNCc1cccc(OC)c1. The number of nitrogens with two attached hydrogens (primary N) is 1. The van der Waals surface area contributed by atoms with E-state index >= 15 is 0 Å². The molecule has 1 unspecified atom stereocenters. The molecule has 37 heavy (non-hydrogen) atoms. The first-order chi connectivity index (χ1) is 17.8. The number of methoxy groups -OCH3 is 1. The molecule has 0 aliphatic carbocycles. The van der Waals surface area contributed by atoms with Gasteiger partial charge < -0.3 is 25.8 Å². The molecule has 0 fully saturated rings. The zero-order valence-corrected chi connectivity index (χ0v) is 22.3. The number of primary amides is 1. The second-order valence-electron chi connectivity index (χ2n) is 9.48. The number of nitrogens with one attached hydrogen (secondary N) is 1. The Kier molecular flexibility index (Phi) is 13.1. The van der Waals surface area contributed by atoms with Crippen LogP contribution in [0.5, 0.6) is 5.75 Å². The lowest BCUT2D eigenvalue weighted by Crippen LogP contribution is -2.46. The van der Waals surface area contributed by atoms with Crippen LogP contribution < -0.4 is 15.8 Å². The van der Waals surface area contributed by atoms with Crippen molar-refractivity contribution in [3.63, 3.8) is 0 Å². The van der Waals surface area contributed by atoms with Crippen molar-refractivity contribution in [2.24, 2.45) is 17.6 Å². The lowest BCUT2D eigenvalue weighted by Gasteiger charge is -2.34. The van der Waals surface area contributed by atoms with Crippen LogP contribution in [0.25, 0.3) is 0 Å². The second-order valence-corrected chi connectivity index (χ2v) is 9.48.